The lowest BCUT2D eigenvalue weighted by molar-refractivity contribution is -0.117. The molecule has 0 unspecified atom stereocenters. The SMILES string of the molecule is CCCCc1cc(Cl)c(N=Nc2c(Cl)cc(CCCC(C)=O)cc2Cl)c(Cl)c1. The number of carbonyl (C=O) groups is 1. The fraction of sp³-hybridized carbons (Fsp3) is 0.381. The normalized spacial score (nSPS) is 11.4. The summed E-state index contributed by atoms with van der Waals surface area (Å²) in [6.45, 7) is 3.71. The molecule has 0 amide bonds. The number of hydrogen-bond acceptors (Lipinski definition) is 3. The second-order valence-corrected chi connectivity index (χ2v) is 8.30. The number of benzene rings is 2. The Balaban J connectivity index is 2.21. The number of unbranched alkanes of at least 4 members (excludes halogenated alkanes) is 1. The summed E-state index contributed by atoms with van der Waals surface area (Å²) in [6, 6.07) is 7.30. The fourth-order valence-electron chi connectivity index (χ4n) is 2.74. The highest BCUT2D eigenvalue weighted by Gasteiger charge is 2.11. The molecule has 0 heterocycles. The molecule has 150 valence electrons. The number of carbonyl (C=O) groups excluding carboxylic acids is 1. The number of ketones is 1. The Hall–Kier alpha value is -1.13. The van der Waals surface area contributed by atoms with Gasteiger partial charge in [-0.25, -0.2) is 0 Å². The van der Waals surface area contributed by atoms with E-state index >= 15 is 0 Å². The summed E-state index contributed by atoms with van der Waals surface area (Å²) in [4.78, 5) is 11.1. The molecule has 2 aromatic rings. The van der Waals surface area contributed by atoms with Crippen LogP contribution in [0.2, 0.25) is 20.1 Å². The number of azo groups is 1. The molecule has 0 aliphatic carbocycles. The van der Waals surface area contributed by atoms with Crippen LogP contribution in [0.3, 0.4) is 0 Å². The second-order valence-electron chi connectivity index (χ2n) is 6.68. The van der Waals surface area contributed by atoms with E-state index in [1.54, 1.807) is 19.1 Å². The van der Waals surface area contributed by atoms with Crippen molar-refractivity contribution >= 4 is 63.6 Å². The number of rotatable bonds is 9. The number of hydrogen-bond donors (Lipinski definition) is 0. The molecule has 0 spiro atoms. The van der Waals surface area contributed by atoms with Crippen molar-refractivity contribution in [3.8, 4) is 0 Å². The van der Waals surface area contributed by atoms with Crippen LogP contribution < -0.4 is 0 Å². The molecule has 0 bridgehead atoms. The number of Topliss-reactive ketones (excluding diaryl/α,β-unsaturated/α-hetero) is 1. The predicted molar refractivity (Wildman–Crippen MR) is 119 cm³/mol. The van der Waals surface area contributed by atoms with E-state index in [0.717, 1.165) is 36.8 Å². The van der Waals surface area contributed by atoms with Crippen LogP contribution >= 0.6 is 46.4 Å². The van der Waals surface area contributed by atoms with Crippen molar-refractivity contribution in [1.82, 2.24) is 0 Å². The highest BCUT2D eigenvalue weighted by molar-refractivity contribution is 6.39. The van der Waals surface area contributed by atoms with Crippen molar-refractivity contribution in [2.45, 2.75) is 52.4 Å². The van der Waals surface area contributed by atoms with Crippen molar-refractivity contribution < 1.29 is 4.79 Å². The van der Waals surface area contributed by atoms with E-state index in [0.29, 0.717) is 44.3 Å². The largest absolute Gasteiger partial charge is 0.300 e. The molecule has 0 saturated carbocycles. The van der Waals surface area contributed by atoms with Crippen LogP contribution in [0.15, 0.2) is 34.5 Å². The average Bonchev–Trinajstić information content (AvgIpc) is 2.60. The van der Waals surface area contributed by atoms with Crippen molar-refractivity contribution in [2.75, 3.05) is 0 Å². The van der Waals surface area contributed by atoms with Gasteiger partial charge in [-0.2, -0.15) is 0 Å². The van der Waals surface area contributed by atoms with Gasteiger partial charge in [0.25, 0.3) is 0 Å². The van der Waals surface area contributed by atoms with Crippen molar-refractivity contribution in [1.29, 1.82) is 0 Å². The van der Waals surface area contributed by atoms with Crippen LogP contribution in [0, 0.1) is 0 Å². The maximum Gasteiger partial charge on any atom is 0.129 e. The summed E-state index contributed by atoms with van der Waals surface area (Å²) in [5.41, 5.74) is 2.77. The molecule has 3 nitrogen and oxygen atoms in total. The van der Waals surface area contributed by atoms with Gasteiger partial charge in [-0.3, -0.25) is 0 Å². The van der Waals surface area contributed by atoms with E-state index in [4.69, 9.17) is 46.4 Å². The Morgan fingerprint density at radius 3 is 1.54 bits per heavy atom. The molecule has 2 aromatic carbocycles. The van der Waals surface area contributed by atoms with Gasteiger partial charge >= 0.3 is 0 Å². The first-order chi connectivity index (χ1) is 13.3. The third-order valence-corrected chi connectivity index (χ3v) is 5.37. The van der Waals surface area contributed by atoms with Gasteiger partial charge in [-0.05, 0) is 68.0 Å². The molecule has 0 aliphatic rings. The minimum Gasteiger partial charge on any atom is -0.300 e. The average molecular weight is 460 g/mol. The van der Waals surface area contributed by atoms with E-state index in [2.05, 4.69) is 17.2 Å². The molecule has 0 aromatic heterocycles. The first-order valence-corrected chi connectivity index (χ1v) is 10.7. The van der Waals surface area contributed by atoms with Crippen molar-refractivity contribution in [2.24, 2.45) is 10.2 Å². The van der Waals surface area contributed by atoms with E-state index in [1.807, 2.05) is 12.1 Å². The molecule has 0 aliphatic heterocycles. The second kappa shape index (κ2) is 11.2. The molecule has 0 saturated heterocycles. The highest BCUT2D eigenvalue weighted by Crippen LogP contribution is 2.39. The van der Waals surface area contributed by atoms with Gasteiger partial charge in [0.2, 0.25) is 0 Å². The fourth-order valence-corrected chi connectivity index (χ4v) is 3.95. The molecule has 0 fully saturated rings. The molecular formula is C21H22Cl4N2O. The molecule has 28 heavy (non-hydrogen) atoms. The number of nitrogens with zero attached hydrogens (tertiary/aromatic N) is 2. The zero-order chi connectivity index (χ0) is 20.7. The van der Waals surface area contributed by atoms with Crippen LogP contribution in [0.1, 0.15) is 50.7 Å². The Morgan fingerprint density at radius 2 is 1.18 bits per heavy atom. The minimum atomic E-state index is 0.164. The Kier molecular flexibility index (Phi) is 9.23. The lowest BCUT2D eigenvalue weighted by atomic mass is 10.1. The first kappa shape index (κ1) is 23.2. The summed E-state index contributed by atoms with van der Waals surface area (Å²) in [5, 5.41) is 10.0. The summed E-state index contributed by atoms with van der Waals surface area (Å²) in [6.07, 6.45) is 5.07. The van der Waals surface area contributed by atoms with Crippen LogP contribution in [-0.2, 0) is 17.6 Å². The third-order valence-electron chi connectivity index (χ3n) is 4.22. The molecular weight excluding hydrogens is 438 g/mol. The van der Waals surface area contributed by atoms with Crippen molar-refractivity contribution in [3.05, 3.63) is 55.5 Å². The molecule has 0 radical (unpaired) electrons. The van der Waals surface area contributed by atoms with Crippen LogP contribution in [0.4, 0.5) is 11.4 Å². The molecule has 0 atom stereocenters. The Bertz CT molecular complexity index is 835. The summed E-state index contributed by atoms with van der Waals surface area (Å²) in [7, 11) is 0. The van der Waals surface area contributed by atoms with Crippen LogP contribution in [0.25, 0.3) is 0 Å². The third kappa shape index (κ3) is 6.73. The molecule has 0 N–H and O–H groups in total. The number of halogens is 4. The predicted octanol–water partition coefficient (Wildman–Crippen LogP) is 8.97. The topological polar surface area (TPSA) is 41.8 Å². The standard InChI is InChI=1S/C21H22Cl4N2O/c1-3-4-7-14-9-16(22)20(17(23)10-14)26-27-21-18(24)11-15(12-19(21)25)8-5-6-13(2)28/h9-12H,3-8H2,1-2H3. The smallest absolute Gasteiger partial charge is 0.129 e. The van der Waals surface area contributed by atoms with E-state index < -0.39 is 0 Å². The van der Waals surface area contributed by atoms with Gasteiger partial charge in [0.15, 0.2) is 0 Å². The van der Waals surface area contributed by atoms with Crippen LogP contribution in [0.5, 0.6) is 0 Å². The van der Waals surface area contributed by atoms with E-state index in [9.17, 15) is 4.79 Å². The number of aryl methyl sites for hydroxylation is 2. The minimum absolute atomic E-state index is 0.164. The quantitative estimate of drug-likeness (QED) is 0.345. The molecule has 2 rings (SSSR count). The molecule has 7 heteroatoms. The van der Waals surface area contributed by atoms with Gasteiger partial charge < -0.3 is 4.79 Å². The monoisotopic (exact) mass is 458 g/mol. The maximum atomic E-state index is 11.1. The summed E-state index contributed by atoms with van der Waals surface area (Å²) in [5.74, 6) is 0.164. The zero-order valence-electron chi connectivity index (χ0n) is 15.9. The lowest BCUT2D eigenvalue weighted by Gasteiger charge is -2.07. The van der Waals surface area contributed by atoms with Gasteiger partial charge in [0.1, 0.15) is 17.2 Å². The first-order valence-electron chi connectivity index (χ1n) is 9.18. The van der Waals surface area contributed by atoms with Gasteiger partial charge in [0.05, 0.1) is 20.1 Å². The van der Waals surface area contributed by atoms with E-state index in [1.165, 1.54) is 0 Å². The Morgan fingerprint density at radius 1 is 0.786 bits per heavy atom. The maximum absolute atomic E-state index is 11.1. The van der Waals surface area contributed by atoms with Crippen molar-refractivity contribution in [3.63, 3.8) is 0 Å². The van der Waals surface area contributed by atoms with E-state index in [-0.39, 0.29) is 5.78 Å². The lowest BCUT2D eigenvalue weighted by Crippen LogP contribution is -1.92. The highest BCUT2D eigenvalue weighted by atomic mass is 35.5. The summed E-state index contributed by atoms with van der Waals surface area (Å²) < 4.78 is 0. The van der Waals surface area contributed by atoms with Gasteiger partial charge in [0, 0.05) is 6.42 Å². The Labute approximate surface area is 186 Å². The van der Waals surface area contributed by atoms with Crippen LogP contribution in [-0.4, -0.2) is 5.78 Å². The zero-order valence-corrected chi connectivity index (χ0v) is 18.9. The van der Waals surface area contributed by atoms with Gasteiger partial charge in [-0.1, -0.05) is 59.7 Å². The van der Waals surface area contributed by atoms with Gasteiger partial charge in [-0.15, -0.1) is 10.2 Å². The summed E-state index contributed by atoms with van der Waals surface area (Å²) >= 11 is 25.3.